The number of anilines is 1. The smallest absolute Gasteiger partial charge is 0.295 e. The van der Waals surface area contributed by atoms with Crippen LogP contribution in [0.25, 0.3) is 22.4 Å². The van der Waals surface area contributed by atoms with E-state index < -0.39 is 0 Å². The molecule has 0 aliphatic heterocycles. The summed E-state index contributed by atoms with van der Waals surface area (Å²) in [5, 5.41) is 3.55. The van der Waals surface area contributed by atoms with E-state index in [-0.39, 0.29) is 22.9 Å². The molecule has 1 amide bonds. The van der Waals surface area contributed by atoms with Crippen LogP contribution in [0.4, 0.5) is 5.69 Å². The lowest BCUT2D eigenvalue weighted by molar-refractivity contribution is -0.113. The predicted octanol–water partition coefficient (Wildman–Crippen LogP) is 4.86. The Bertz CT molecular complexity index is 1580. The highest BCUT2D eigenvalue weighted by Gasteiger charge is 2.19. The van der Waals surface area contributed by atoms with Crippen molar-refractivity contribution in [1.82, 2.24) is 18.9 Å². The highest BCUT2D eigenvalue weighted by molar-refractivity contribution is 7.99. The number of aryl methyl sites for hydroxylation is 1. The van der Waals surface area contributed by atoms with Crippen molar-refractivity contribution < 1.29 is 4.79 Å². The summed E-state index contributed by atoms with van der Waals surface area (Å²) < 4.78 is 5.36. The second-order valence-corrected chi connectivity index (χ2v) is 9.27. The molecule has 7 nitrogen and oxygen atoms in total. The largest absolute Gasteiger partial charge is 0.319 e. The molecule has 0 radical (unpaired) electrons. The first kappa shape index (κ1) is 22.7. The SMILES string of the molecule is Cc1ccc(-n2c(SCC(=O)Nc3c(C)n(C)n(-c4ccccc4)c3=O)nc3ccccc32)cc1. The lowest BCUT2D eigenvalue weighted by atomic mass is 10.2. The van der Waals surface area contributed by atoms with Gasteiger partial charge >= 0.3 is 0 Å². The standard InChI is InChI=1S/C27H25N5O2S/c1-18-13-15-20(16-14-18)31-23-12-8-7-11-22(23)28-27(31)35-17-24(33)29-25-19(2)30(3)32(26(25)34)21-9-5-4-6-10-21/h4-16H,17H2,1-3H3,(H,29,33). The van der Waals surface area contributed by atoms with Crippen LogP contribution in [0.1, 0.15) is 11.3 Å². The topological polar surface area (TPSA) is 73.8 Å². The first-order chi connectivity index (χ1) is 16.9. The van der Waals surface area contributed by atoms with Gasteiger partial charge in [0, 0.05) is 12.7 Å². The van der Waals surface area contributed by atoms with Gasteiger partial charge in [0.15, 0.2) is 5.16 Å². The van der Waals surface area contributed by atoms with E-state index in [4.69, 9.17) is 4.98 Å². The van der Waals surface area contributed by atoms with Gasteiger partial charge in [-0.3, -0.25) is 18.8 Å². The minimum atomic E-state index is -0.263. The van der Waals surface area contributed by atoms with Crippen LogP contribution in [0.3, 0.4) is 0 Å². The summed E-state index contributed by atoms with van der Waals surface area (Å²) in [6.07, 6.45) is 0. The zero-order valence-electron chi connectivity index (χ0n) is 19.7. The highest BCUT2D eigenvalue weighted by Crippen LogP contribution is 2.28. The van der Waals surface area contributed by atoms with Crippen LogP contribution in [0.2, 0.25) is 0 Å². The summed E-state index contributed by atoms with van der Waals surface area (Å²) in [5.41, 5.74) is 5.44. The van der Waals surface area contributed by atoms with Crippen molar-refractivity contribution in [2.75, 3.05) is 11.1 Å². The molecule has 35 heavy (non-hydrogen) atoms. The molecule has 5 rings (SSSR count). The number of fused-ring (bicyclic) bond motifs is 1. The fraction of sp³-hybridized carbons (Fsp3) is 0.148. The monoisotopic (exact) mass is 483 g/mol. The number of imidazole rings is 1. The number of hydrogen-bond donors (Lipinski definition) is 1. The molecular formula is C27H25N5O2S. The Morgan fingerprint density at radius 1 is 0.914 bits per heavy atom. The zero-order chi connectivity index (χ0) is 24.5. The van der Waals surface area contributed by atoms with E-state index >= 15 is 0 Å². The molecule has 8 heteroatoms. The molecule has 0 bridgehead atoms. The van der Waals surface area contributed by atoms with Gasteiger partial charge in [0.05, 0.1) is 28.2 Å². The molecule has 0 unspecified atom stereocenters. The molecule has 0 aliphatic rings. The average molecular weight is 484 g/mol. The number of aromatic nitrogens is 4. The summed E-state index contributed by atoms with van der Waals surface area (Å²) in [7, 11) is 1.80. The third-order valence-electron chi connectivity index (χ3n) is 5.97. The highest BCUT2D eigenvalue weighted by atomic mass is 32.2. The fourth-order valence-electron chi connectivity index (χ4n) is 4.06. The Balaban J connectivity index is 1.40. The summed E-state index contributed by atoms with van der Waals surface area (Å²) in [6.45, 7) is 3.87. The van der Waals surface area contributed by atoms with E-state index in [0.717, 1.165) is 27.6 Å². The number of benzene rings is 3. The van der Waals surface area contributed by atoms with Gasteiger partial charge in [-0.25, -0.2) is 9.67 Å². The minimum Gasteiger partial charge on any atom is -0.319 e. The number of thioether (sulfide) groups is 1. The molecule has 5 aromatic rings. The van der Waals surface area contributed by atoms with Crippen LogP contribution < -0.4 is 10.9 Å². The second-order valence-electron chi connectivity index (χ2n) is 8.33. The first-order valence-corrected chi connectivity index (χ1v) is 12.2. The maximum atomic E-state index is 13.1. The third-order valence-corrected chi connectivity index (χ3v) is 6.91. The summed E-state index contributed by atoms with van der Waals surface area (Å²) in [6, 6.07) is 25.5. The van der Waals surface area contributed by atoms with Gasteiger partial charge in [0.1, 0.15) is 5.69 Å². The Labute approximate surface area is 207 Å². The Kier molecular flexibility index (Phi) is 6.05. The fourth-order valence-corrected chi connectivity index (χ4v) is 4.89. The van der Waals surface area contributed by atoms with Crippen LogP contribution in [0.15, 0.2) is 88.8 Å². The molecule has 0 saturated carbocycles. The van der Waals surface area contributed by atoms with E-state index in [1.165, 1.54) is 17.3 Å². The predicted molar refractivity (Wildman–Crippen MR) is 141 cm³/mol. The van der Waals surface area contributed by atoms with Crippen LogP contribution in [-0.4, -0.2) is 30.6 Å². The molecule has 3 aromatic carbocycles. The number of carbonyl (C=O) groups excluding carboxylic acids is 1. The van der Waals surface area contributed by atoms with Crippen LogP contribution in [-0.2, 0) is 11.8 Å². The number of carbonyl (C=O) groups is 1. The van der Waals surface area contributed by atoms with Gasteiger partial charge in [0.25, 0.3) is 5.56 Å². The van der Waals surface area contributed by atoms with Crippen molar-refractivity contribution in [1.29, 1.82) is 0 Å². The van der Waals surface area contributed by atoms with Crippen molar-refractivity contribution in [3.63, 3.8) is 0 Å². The van der Waals surface area contributed by atoms with Gasteiger partial charge in [0.2, 0.25) is 5.91 Å². The van der Waals surface area contributed by atoms with Crippen molar-refractivity contribution in [2.45, 2.75) is 19.0 Å². The number of amides is 1. The van der Waals surface area contributed by atoms with Gasteiger partial charge in [-0.2, -0.15) is 0 Å². The van der Waals surface area contributed by atoms with E-state index in [2.05, 4.69) is 22.0 Å². The number of nitrogens with zero attached hydrogens (tertiary/aromatic N) is 4. The van der Waals surface area contributed by atoms with E-state index in [9.17, 15) is 9.59 Å². The lowest BCUT2D eigenvalue weighted by Gasteiger charge is -2.09. The quantitative estimate of drug-likeness (QED) is 0.350. The number of para-hydroxylation sites is 3. The maximum absolute atomic E-state index is 13.1. The molecule has 2 aromatic heterocycles. The Hall–Kier alpha value is -4.04. The maximum Gasteiger partial charge on any atom is 0.295 e. The zero-order valence-corrected chi connectivity index (χ0v) is 20.5. The minimum absolute atomic E-state index is 0.119. The van der Waals surface area contributed by atoms with Crippen molar-refractivity contribution in [2.24, 2.45) is 7.05 Å². The van der Waals surface area contributed by atoms with E-state index in [1.54, 1.807) is 16.4 Å². The van der Waals surface area contributed by atoms with Gasteiger partial charge < -0.3 is 5.32 Å². The Morgan fingerprint density at radius 3 is 2.34 bits per heavy atom. The van der Waals surface area contributed by atoms with Gasteiger partial charge in [-0.1, -0.05) is 59.8 Å². The molecule has 176 valence electrons. The molecule has 0 fully saturated rings. The summed E-state index contributed by atoms with van der Waals surface area (Å²) in [5.74, 6) is -0.141. The third kappa shape index (κ3) is 4.28. The lowest BCUT2D eigenvalue weighted by Crippen LogP contribution is -2.23. The molecule has 1 N–H and O–H groups in total. The molecule has 0 saturated heterocycles. The molecule has 0 aliphatic carbocycles. The van der Waals surface area contributed by atoms with Gasteiger partial charge in [-0.05, 0) is 50.2 Å². The number of hydrogen-bond acceptors (Lipinski definition) is 4. The first-order valence-electron chi connectivity index (χ1n) is 11.3. The Morgan fingerprint density at radius 2 is 1.60 bits per heavy atom. The van der Waals surface area contributed by atoms with E-state index in [0.29, 0.717) is 5.69 Å². The number of nitrogens with one attached hydrogen (secondary N) is 1. The molecule has 0 atom stereocenters. The normalized spacial score (nSPS) is 11.2. The molecule has 0 spiro atoms. The van der Waals surface area contributed by atoms with E-state index in [1.807, 2.05) is 80.6 Å². The second kappa shape index (κ2) is 9.31. The molecular weight excluding hydrogens is 458 g/mol. The average Bonchev–Trinajstić information content (AvgIpc) is 3.34. The van der Waals surface area contributed by atoms with Crippen molar-refractivity contribution >= 4 is 34.4 Å². The molecule has 2 heterocycles. The van der Waals surface area contributed by atoms with Crippen LogP contribution in [0, 0.1) is 13.8 Å². The summed E-state index contributed by atoms with van der Waals surface area (Å²) in [4.78, 5) is 30.8. The van der Waals surface area contributed by atoms with Crippen LogP contribution >= 0.6 is 11.8 Å². The number of rotatable bonds is 6. The van der Waals surface area contributed by atoms with Crippen molar-refractivity contribution in [3.05, 3.63) is 100 Å². The van der Waals surface area contributed by atoms with Gasteiger partial charge in [-0.15, -0.1) is 0 Å². The summed E-state index contributed by atoms with van der Waals surface area (Å²) >= 11 is 1.34. The van der Waals surface area contributed by atoms with Crippen molar-refractivity contribution in [3.8, 4) is 11.4 Å². The van der Waals surface area contributed by atoms with Crippen LogP contribution in [0.5, 0.6) is 0 Å².